The van der Waals surface area contributed by atoms with Gasteiger partial charge in [-0.25, -0.2) is 0 Å². The minimum Gasteiger partial charge on any atom is -0.342 e. The third-order valence-corrected chi connectivity index (χ3v) is 5.45. The van der Waals surface area contributed by atoms with Gasteiger partial charge in [-0.05, 0) is 25.3 Å². The van der Waals surface area contributed by atoms with E-state index in [1.165, 1.54) is 4.88 Å². The summed E-state index contributed by atoms with van der Waals surface area (Å²) < 4.78 is 0. The molecule has 0 aliphatic carbocycles. The third kappa shape index (κ3) is 3.19. The average Bonchev–Trinajstić information content (AvgIpc) is 2.88. The molecule has 0 radical (unpaired) electrons. The minimum absolute atomic E-state index is 0.0313. The van der Waals surface area contributed by atoms with Gasteiger partial charge < -0.3 is 9.80 Å². The fraction of sp³-hybridized carbons (Fsp3) is 0.647. The molecule has 1 aliphatic heterocycles. The Labute approximate surface area is 137 Å². The highest BCUT2D eigenvalue weighted by Gasteiger charge is 2.36. The van der Waals surface area contributed by atoms with Crippen molar-refractivity contribution < 1.29 is 9.59 Å². The van der Waals surface area contributed by atoms with Crippen molar-refractivity contribution in [1.29, 1.82) is 0 Å². The molecule has 0 saturated carbocycles. The van der Waals surface area contributed by atoms with Gasteiger partial charge >= 0.3 is 0 Å². The Balaban J connectivity index is 2.27. The number of carbonyl (C=O) groups is 2. The van der Waals surface area contributed by atoms with E-state index in [0.717, 1.165) is 36.8 Å². The zero-order valence-electron chi connectivity index (χ0n) is 14.0. The first-order valence-electron chi connectivity index (χ1n) is 8.14. The van der Waals surface area contributed by atoms with Crippen LogP contribution in [0.1, 0.15) is 53.9 Å². The van der Waals surface area contributed by atoms with E-state index in [4.69, 9.17) is 0 Å². The maximum Gasteiger partial charge on any atom is 0.255 e. The zero-order valence-corrected chi connectivity index (χ0v) is 14.8. The molecule has 1 fully saturated rings. The molecule has 1 aliphatic rings. The highest BCUT2D eigenvalue weighted by Crippen LogP contribution is 2.26. The van der Waals surface area contributed by atoms with Gasteiger partial charge in [-0.1, -0.05) is 26.7 Å². The summed E-state index contributed by atoms with van der Waals surface area (Å²) in [7, 11) is 1.83. The Morgan fingerprint density at radius 2 is 2.09 bits per heavy atom. The van der Waals surface area contributed by atoms with Gasteiger partial charge in [-0.2, -0.15) is 0 Å². The topological polar surface area (TPSA) is 40.6 Å². The lowest BCUT2D eigenvalue weighted by Crippen LogP contribution is -2.57. The number of hydrogen-bond donors (Lipinski definition) is 0. The summed E-state index contributed by atoms with van der Waals surface area (Å²) in [6.07, 6.45) is 3.62. The molecular weight excluding hydrogens is 296 g/mol. The van der Waals surface area contributed by atoms with Crippen LogP contribution in [0, 0.1) is 6.92 Å². The summed E-state index contributed by atoms with van der Waals surface area (Å²) in [5, 5.41) is 1.95. The average molecular weight is 322 g/mol. The number of piperazine rings is 1. The second-order valence-corrected chi connectivity index (χ2v) is 7.04. The Bertz CT molecular complexity index is 553. The fourth-order valence-corrected chi connectivity index (χ4v) is 4.02. The SMILES string of the molecule is CCCC[C@@H]1C(=O)N(C)CCN1C(=O)c1csc(C)c1CC. The van der Waals surface area contributed by atoms with Crippen molar-refractivity contribution in [3.8, 4) is 0 Å². The van der Waals surface area contributed by atoms with Crippen LogP contribution in [0.3, 0.4) is 0 Å². The molecule has 1 aromatic rings. The minimum atomic E-state index is -0.295. The molecule has 0 N–H and O–H groups in total. The molecule has 5 heteroatoms. The number of thiophene rings is 1. The van der Waals surface area contributed by atoms with Crippen molar-refractivity contribution in [1.82, 2.24) is 9.80 Å². The van der Waals surface area contributed by atoms with E-state index in [0.29, 0.717) is 13.1 Å². The molecule has 22 heavy (non-hydrogen) atoms. The van der Waals surface area contributed by atoms with Gasteiger partial charge in [0.25, 0.3) is 5.91 Å². The first-order chi connectivity index (χ1) is 10.5. The van der Waals surface area contributed by atoms with Gasteiger partial charge in [-0.3, -0.25) is 9.59 Å². The molecule has 1 atom stereocenters. The van der Waals surface area contributed by atoms with Gasteiger partial charge in [-0.15, -0.1) is 11.3 Å². The molecule has 122 valence electrons. The van der Waals surface area contributed by atoms with E-state index in [-0.39, 0.29) is 17.9 Å². The van der Waals surface area contributed by atoms with Crippen LogP contribution in [0.5, 0.6) is 0 Å². The molecule has 4 nitrogen and oxygen atoms in total. The van der Waals surface area contributed by atoms with Gasteiger partial charge in [0.15, 0.2) is 0 Å². The van der Waals surface area contributed by atoms with Crippen molar-refractivity contribution >= 4 is 23.2 Å². The van der Waals surface area contributed by atoms with Crippen molar-refractivity contribution in [3.63, 3.8) is 0 Å². The number of unbranched alkanes of at least 4 members (excludes halogenated alkanes) is 1. The number of rotatable bonds is 5. The molecule has 2 amide bonds. The number of carbonyl (C=O) groups excluding carboxylic acids is 2. The lowest BCUT2D eigenvalue weighted by molar-refractivity contribution is -0.138. The van der Waals surface area contributed by atoms with E-state index in [9.17, 15) is 9.59 Å². The Kier molecular flexibility index (Phi) is 5.62. The van der Waals surface area contributed by atoms with Gasteiger partial charge in [0, 0.05) is 30.4 Å². The van der Waals surface area contributed by atoms with Gasteiger partial charge in [0.1, 0.15) is 6.04 Å². The number of amides is 2. The summed E-state index contributed by atoms with van der Waals surface area (Å²) in [6, 6.07) is -0.295. The Hall–Kier alpha value is -1.36. The predicted octanol–water partition coefficient (Wildman–Crippen LogP) is 3.09. The van der Waals surface area contributed by atoms with Crippen LogP contribution in [0.4, 0.5) is 0 Å². The lowest BCUT2D eigenvalue weighted by atomic mass is 10.0. The van der Waals surface area contributed by atoms with Crippen LogP contribution in [0.2, 0.25) is 0 Å². The number of nitrogens with zero attached hydrogens (tertiary/aromatic N) is 2. The maximum atomic E-state index is 13.0. The van der Waals surface area contributed by atoms with E-state index < -0.39 is 0 Å². The summed E-state index contributed by atoms with van der Waals surface area (Å²) in [5.41, 5.74) is 1.93. The van der Waals surface area contributed by atoms with Crippen LogP contribution in [0.25, 0.3) is 0 Å². The van der Waals surface area contributed by atoms with Crippen molar-refractivity contribution in [2.45, 2.75) is 52.5 Å². The first-order valence-corrected chi connectivity index (χ1v) is 9.02. The monoisotopic (exact) mass is 322 g/mol. The van der Waals surface area contributed by atoms with Gasteiger partial charge in [0.05, 0.1) is 5.56 Å². The highest BCUT2D eigenvalue weighted by atomic mass is 32.1. The number of aryl methyl sites for hydroxylation is 1. The molecule has 1 aromatic heterocycles. The van der Waals surface area contributed by atoms with Crippen molar-refractivity contribution in [3.05, 3.63) is 21.4 Å². The molecule has 0 spiro atoms. The normalized spacial score (nSPS) is 18.9. The van der Waals surface area contributed by atoms with Crippen molar-refractivity contribution in [2.24, 2.45) is 0 Å². The van der Waals surface area contributed by atoms with Crippen LogP contribution < -0.4 is 0 Å². The van der Waals surface area contributed by atoms with Crippen LogP contribution >= 0.6 is 11.3 Å². The summed E-state index contributed by atoms with van der Waals surface area (Å²) in [6.45, 7) is 7.51. The van der Waals surface area contributed by atoms with E-state index >= 15 is 0 Å². The molecule has 0 unspecified atom stereocenters. The van der Waals surface area contributed by atoms with Crippen molar-refractivity contribution in [2.75, 3.05) is 20.1 Å². The predicted molar refractivity (Wildman–Crippen MR) is 90.4 cm³/mol. The molecule has 2 rings (SSSR count). The maximum absolute atomic E-state index is 13.0. The second-order valence-electron chi connectivity index (χ2n) is 5.95. The second kappa shape index (κ2) is 7.27. The molecule has 0 bridgehead atoms. The molecule has 2 heterocycles. The smallest absolute Gasteiger partial charge is 0.255 e. The summed E-state index contributed by atoms with van der Waals surface area (Å²) >= 11 is 1.63. The third-order valence-electron chi connectivity index (χ3n) is 4.49. The largest absolute Gasteiger partial charge is 0.342 e. The summed E-state index contributed by atoms with van der Waals surface area (Å²) in [5.74, 6) is 0.113. The van der Waals surface area contributed by atoms with Crippen LogP contribution in [0.15, 0.2) is 5.38 Å². The van der Waals surface area contributed by atoms with Crippen LogP contribution in [-0.4, -0.2) is 47.8 Å². The Morgan fingerprint density at radius 3 is 2.73 bits per heavy atom. The standard InChI is InChI=1S/C17H26N2O2S/c1-5-7-8-15-17(21)18(4)9-10-19(15)16(20)14-11-22-12(3)13(14)6-2/h11,15H,5-10H2,1-4H3/t15-/m1/s1. The quantitative estimate of drug-likeness (QED) is 0.836. The number of hydrogen-bond acceptors (Lipinski definition) is 3. The fourth-order valence-electron chi connectivity index (χ4n) is 3.08. The molecule has 0 aromatic carbocycles. The Morgan fingerprint density at radius 1 is 1.36 bits per heavy atom. The molecular formula is C17H26N2O2S. The zero-order chi connectivity index (χ0) is 16.3. The lowest BCUT2D eigenvalue weighted by Gasteiger charge is -2.39. The van der Waals surface area contributed by atoms with E-state index in [2.05, 4.69) is 20.8 Å². The summed E-state index contributed by atoms with van der Waals surface area (Å²) in [4.78, 5) is 30.2. The number of likely N-dealkylation sites (N-methyl/N-ethyl adjacent to an activating group) is 1. The first kappa shape index (κ1) is 17.0. The molecule has 1 saturated heterocycles. The van der Waals surface area contributed by atoms with Gasteiger partial charge in [0.2, 0.25) is 5.91 Å². The van der Waals surface area contributed by atoms with Crippen LogP contribution in [-0.2, 0) is 11.2 Å². The van der Waals surface area contributed by atoms with E-state index in [1.54, 1.807) is 21.1 Å². The highest BCUT2D eigenvalue weighted by molar-refractivity contribution is 7.10. The van der Waals surface area contributed by atoms with E-state index in [1.807, 2.05) is 12.4 Å².